The lowest BCUT2D eigenvalue weighted by atomic mass is 9.74. The zero-order valence-electron chi connectivity index (χ0n) is 13.9. The van der Waals surface area contributed by atoms with Crippen LogP contribution in [0.4, 0.5) is 0 Å². The van der Waals surface area contributed by atoms with Crippen LogP contribution in [0.15, 0.2) is 12.1 Å². The van der Waals surface area contributed by atoms with Crippen LogP contribution in [0.1, 0.15) is 61.8 Å². The lowest BCUT2D eigenvalue weighted by Crippen LogP contribution is -2.36. The average Bonchev–Trinajstić information content (AvgIpc) is 2.51. The Morgan fingerprint density at radius 3 is 2.67 bits per heavy atom. The first-order chi connectivity index (χ1) is 10.1. The van der Waals surface area contributed by atoms with Gasteiger partial charge in [-0.15, -0.1) is 0 Å². The van der Waals surface area contributed by atoms with E-state index < -0.39 is 0 Å². The van der Waals surface area contributed by atoms with Crippen LogP contribution in [0.3, 0.4) is 0 Å². The van der Waals surface area contributed by atoms with Gasteiger partial charge in [0.25, 0.3) is 0 Å². The zero-order chi connectivity index (χ0) is 15.4. The zero-order valence-corrected chi connectivity index (χ0v) is 13.9. The third-order valence-electron chi connectivity index (χ3n) is 5.17. The summed E-state index contributed by atoms with van der Waals surface area (Å²) < 4.78 is 5.42. The molecule has 1 aliphatic rings. The highest BCUT2D eigenvalue weighted by Crippen LogP contribution is 2.40. The lowest BCUT2D eigenvalue weighted by molar-refractivity contribution is 0.209. The van der Waals surface area contributed by atoms with Crippen molar-refractivity contribution in [2.24, 2.45) is 17.7 Å². The minimum absolute atomic E-state index is 0.254. The monoisotopic (exact) mass is 290 g/mol. The number of aryl methyl sites for hydroxylation is 2. The molecule has 1 fully saturated rings. The van der Waals surface area contributed by atoms with Crippen LogP contribution in [0.5, 0.6) is 5.75 Å². The number of ether oxygens (including phenoxy) is 1. The summed E-state index contributed by atoms with van der Waals surface area (Å²) in [5.41, 5.74) is 6.87. The van der Waals surface area contributed by atoms with Gasteiger partial charge in [-0.2, -0.15) is 0 Å². The fourth-order valence-electron chi connectivity index (χ4n) is 3.85. The smallest absolute Gasteiger partial charge is 0.122 e. The first-order valence-corrected chi connectivity index (χ1v) is 8.21. The van der Waals surface area contributed by atoms with Gasteiger partial charge in [0.05, 0.1) is 7.11 Å². The molecule has 1 saturated carbocycles. The van der Waals surface area contributed by atoms with Crippen molar-refractivity contribution in [2.75, 3.05) is 7.11 Å². The quantitative estimate of drug-likeness (QED) is 0.635. The van der Waals surface area contributed by atoms with Crippen molar-refractivity contribution in [3.05, 3.63) is 28.8 Å². The van der Waals surface area contributed by atoms with Crippen LogP contribution in [-0.4, -0.2) is 7.11 Å². The normalized spacial score (nSPS) is 23.9. The van der Waals surface area contributed by atoms with E-state index in [1.165, 1.54) is 48.8 Å². The van der Waals surface area contributed by atoms with Crippen LogP contribution in [0, 0.1) is 25.7 Å². The summed E-state index contributed by atoms with van der Waals surface area (Å²) in [4.78, 5) is 0. The minimum Gasteiger partial charge on any atom is -0.496 e. The molecule has 3 unspecified atom stereocenters. The lowest BCUT2D eigenvalue weighted by Gasteiger charge is -2.35. The van der Waals surface area contributed by atoms with Crippen molar-refractivity contribution in [1.82, 2.24) is 5.43 Å². The van der Waals surface area contributed by atoms with Crippen molar-refractivity contribution < 1.29 is 4.74 Å². The van der Waals surface area contributed by atoms with Gasteiger partial charge in [0.1, 0.15) is 5.75 Å². The fraction of sp³-hybridized carbons (Fsp3) is 0.667. The average molecular weight is 290 g/mol. The molecular formula is C18H30N2O. The second kappa shape index (κ2) is 7.28. The predicted molar refractivity (Wildman–Crippen MR) is 88.3 cm³/mol. The summed E-state index contributed by atoms with van der Waals surface area (Å²) in [6.45, 7) is 6.56. The molecule has 1 aliphatic carbocycles. The predicted octanol–water partition coefficient (Wildman–Crippen LogP) is 4.03. The van der Waals surface area contributed by atoms with E-state index in [1.54, 1.807) is 7.11 Å². The largest absolute Gasteiger partial charge is 0.496 e. The van der Waals surface area contributed by atoms with Crippen molar-refractivity contribution in [1.29, 1.82) is 0 Å². The van der Waals surface area contributed by atoms with Gasteiger partial charge in [0, 0.05) is 6.04 Å². The molecule has 3 nitrogen and oxygen atoms in total. The molecule has 0 aliphatic heterocycles. The SMILES string of the molecule is CCC1CCCC(C(NN)c2cc(C)c(OC)cc2C)C1. The van der Waals surface area contributed by atoms with Crippen molar-refractivity contribution in [3.8, 4) is 5.75 Å². The summed E-state index contributed by atoms with van der Waals surface area (Å²) in [6, 6.07) is 4.63. The van der Waals surface area contributed by atoms with Gasteiger partial charge in [0.15, 0.2) is 0 Å². The Labute approximate surface area is 129 Å². The molecule has 1 aromatic rings. The summed E-state index contributed by atoms with van der Waals surface area (Å²) >= 11 is 0. The highest BCUT2D eigenvalue weighted by atomic mass is 16.5. The van der Waals surface area contributed by atoms with E-state index in [0.29, 0.717) is 5.92 Å². The molecule has 0 aromatic heterocycles. The van der Waals surface area contributed by atoms with E-state index in [2.05, 4.69) is 38.3 Å². The van der Waals surface area contributed by atoms with Crippen LogP contribution < -0.4 is 16.0 Å². The number of nitrogens with one attached hydrogen (secondary N) is 1. The van der Waals surface area contributed by atoms with E-state index in [0.717, 1.165) is 11.7 Å². The number of hydrogen-bond acceptors (Lipinski definition) is 3. The first kappa shape index (κ1) is 16.3. The molecule has 0 bridgehead atoms. The maximum atomic E-state index is 5.93. The number of hydrazine groups is 1. The Morgan fingerprint density at radius 1 is 1.29 bits per heavy atom. The molecule has 0 saturated heterocycles. The summed E-state index contributed by atoms with van der Waals surface area (Å²) in [5.74, 6) is 8.39. The maximum absolute atomic E-state index is 5.93. The van der Waals surface area contributed by atoms with E-state index in [9.17, 15) is 0 Å². The third kappa shape index (κ3) is 3.58. The molecule has 1 aromatic carbocycles. The Kier molecular flexibility index (Phi) is 5.65. The summed E-state index contributed by atoms with van der Waals surface area (Å²) in [5, 5.41) is 0. The standard InChI is InChI=1S/C18H30N2O/c1-5-14-7-6-8-15(11-14)18(20-19)16-9-13(3)17(21-4)10-12(16)2/h9-10,14-15,18,20H,5-8,11,19H2,1-4H3. The maximum Gasteiger partial charge on any atom is 0.122 e. The Bertz CT molecular complexity index is 473. The Morgan fingerprint density at radius 2 is 2.05 bits per heavy atom. The van der Waals surface area contributed by atoms with Gasteiger partial charge in [-0.1, -0.05) is 32.3 Å². The van der Waals surface area contributed by atoms with E-state index >= 15 is 0 Å². The van der Waals surface area contributed by atoms with Gasteiger partial charge >= 0.3 is 0 Å². The molecule has 3 heteroatoms. The number of benzene rings is 1. The molecule has 3 N–H and O–H groups in total. The second-order valence-electron chi connectivity index (χ2n) is 6.52. The van der Waals surface area contributed by atoms with Crippen LogP contribution >= 0.6 is 0 Å². The van der Waals surface area contributed by atoms with Crippen LogP contribution in [0.2, 0.25) is 0 Å². The number of methoxy groups -OCH3 is 1. The van der Waals surface area contributed by atoms with E-state index in [4.69, 9.17) is 10.6 Å². The Hall–Kier alpha value is -1.06. The third-order valence-corrected chi connectivity index (χ3v) is 5.17. The highest BCUT2D eigenvalue weighted by Gasteiger charge is 2.29. The van der Waals surface area contributed by atoms with Crippen LogP contribution in [-0.2, 0) is 0 Å². The fourth-order valence-corrected chi connectivity index (χ4v) is 3.85. The molecule has 0 radical (unpaired) electrons. The van der Waals surface area contributed by atoms with Crippen molar-refractivity contribution in [3.63, 3.8) is 0 Å². The molecule has 3 atom stereocenters. The van der Waals surface area contributed by atoms with Crippen molar-refractivity contribution in [2.45, 2.75) is 58.9 Å². The van der Waals surface area contributed by atoms with Crippen LogP contribution in [0.25, 0.3) is 0 Å². The molecule has 0 amide bonds. The van der Waals surface area contributed by atoms with Crippen molar-refractivity contribution >= 4 is 0 Å². The number of nitrogens with two attached hydrogens (primary N) is 1. The minimum atomic E-state index is 0.254. The van der Waals surface area contributed by atoms with E-state index in [1.807, 2.05) is 0 Å². The Balaban J connectivity index is 2.26. The van der Waals surface area contributed by atoms with Gasteiger partial charge in [-0.25, -0.2) is 0 Å². The number of hydrogen-bond donors (Lipinski definition) is 2. The van der Waals surface area contributed by atoms with Gasteiger partial charge in [0.2, 0.25) is 0 Å². The second-order valence-corrected chi connectivity index (χ2v) is 6.52. The molecule has 2 rings (SSSR count). The highest BCUT2D eigenvalue weighted by molar-refractivity contribution is 5.43. The molecular weight excluding hydrogens is 260 g/mol. The molecule has 0 heterocycles. The summed E-state index contributed by atoms with van der Waals surface area (Å²) in [7, 11) is 1.73. The number of rotatable bonds is 5. The first-order valence-electron chi connectivity index (χ1n) is 8.21. The van der Waals surface area contributed by atoms with Gasteiger partial charge in [-0.3, -0.25) is 11.3 Å². The molecule has 118 valence electrons. The van der Waals surface area contributed by atoms with E-state index in [-0.39, 0.29) is 6.04 Å². The topological polar surface area (TPSA) is 47.3 Å². The molecule has 0 spiro atoms. The van der Waals surface area contributed by atoms with Gasteiger partial charge < -0.3 is 4.74 Å². The summed E-state index contributed by atoms with van der Waals surface area (Å²) in [6.07, 6.45) is 6.56. The molecule has 21 heavy (non-hydrogen) atoms. The van der Waals surface area contributed by atoms with Gasteiger partial charge in [-0.05, 0) is 61.3 Å².